The maximum atomic E-state index is 16.0. The van der Waals surface area contributed by atoms with E-state index in [1.165, 1.54) is 0 Å². The van der Waals surface area contributed by atoms with E-state index in [4.69, 9.17) is 42.0 Å². The summed E-state index contributed by atoms with van der Waals surface area (Å²) in [6.45, 7) is 36.4. The van der Waals surface area contributed by atoms with Crippen LogP contribution in [0.1, 0.15) is 74.9 Å². The first-order chi connectivity index (χ1) is 48.1. The zero-order chi connectivity index (χ0) is 73.0. The number of esters is 6. The lowest BCUT2D eigenvalue weighted by Crippen LogP contribution is -2.08. The fraction of sp³-hybridized carbons (Fsp3) is 0.143. The molecule has 101 heavy (non-hydrogen) atoms. The van der Waals surface area contributed by atoms with Gasteiger partial charge in [-0.05, 0) is 235 Å². The predicted octanol–water partition coefficient (Wildman–Crippen LogP) is 19.6. The van der Waals surface area contributed by atoms with E-state index in [9.17, 15) is 28.8 Å². The van der Waals surface area contributed by atoms with Gasteiger partial charge in [-0.3, -0.25) is 13.6 Å². The monoisotopic (exact) mass is 1370 g/mol. The second kappa shape index (κ2) is 32.4. The third kappa shape index (κ3) is 18.4. The molecule has 0 heterocycles. The maximum Gasteiger partial charge on any atom is 0.475 e. The molecule has 0 atom stereocenters. The highest BCUT2D eigenvalue weighted by Gasteiger charge is 2.31. The summed E-state index contributed by atoms with van der Waals surface area (Å²) in [6, 6.07) is 53.2. The van der Waals surface area contributed by atoms with E-state index >= 15 is 4.57 Å². The quantitative estimate of drug-likeness (QED) is 0.0203. The van der Waals surface area contributed by atoms with Crippen LogP contribution in [-0.2, 0) is 66.7 Å². The molecule has 9 rings (SSSR count). The highest BCUT2D eigenvalue weighted by Crippen LogP contribution is 2.53. The van der Waals surface area contributed by atoms with Gasteiger partial charge >= 0.3 is 43.6 Å². The first-order valence-corrected chi connectivity index (χ1v) is 33.3. The molecule has 512 valence electrons. The van der Waals surface area contributed by atoms with Crippen molar-refractivity contribution in [3.8, 4) is 101 Å². The number of carbonyl (C=O) groups excluding carboxylic acids is 6. The van der Waals surface area contributed by atoms with E-state index in [1.54, 1.807) is 114 Å². The molecule has 0 fully saturated rings. The molecule has 0 saturated carbocycles. The van der Waals surface area contributed by atoms with Crippen LogP contribution >= 0.6 is 7.82 Å². The standard InChI is InChI=1S/C84H75O16P/c1-49(2)79(85)95-67-31-16-58(17-32-67)73-43-28-64(55(13)76(73)61-22-37-70(38-23-61)98-82(88)52(7)8)46-92-101(91,93-47-65-29-44-74(59-18-33-68(34-19-59)96-80(86)50(3)4)77(56(65)14)62-24-39-71(40-25-62)99-83(89)53(9)10)94-48-66-30-45-75(60-20-35-69(36-21-60)97-81(87)51(5)6)78(57(66)15)63-26-41-72(42-27-63)100-84(90)54(11)12/h16-45H,1,3,5,7,9,11,46-48H2,2,4,6,8,10,12-15H3. The molecule has 16 nitrogen and oxygen atoms in total. The summed E-state index contributed by atoms with van der Waals surface area (Å²) in [5.41, 5.74) is 14.3. The Morgan fingerprint density at radius 2 is 0.436 bits per heavy atom. The summed E-state index contributed by atoms with van der Waals surface area (Å²) < 4.78 is 69.0. The van der Waals surface area contributed by atoms with Crippen molar-refractivity contribution in [1.82, 2.24) is 0 Å². The summed E-state index contributed by atoms with van der Waals surface area (Å²) in [4.78, 5) is 75.3. The molecule has 0 aliphatic rings. The van der Waals surface area contributed by atoms with Gasteiger partial charge < -0.3 is 28.4 Å². The number of hydrogen-bond donors (Lipinski definition) is 0. The van der Waals surface area contributed by atoms with Gasteiger partial charge in [-0.15, -0.1) is 0 Å². The summed E-state index contributed by atoms with van der Waals surface area (Å²) in [7, 11) is -4.71. The molecular formula is C84H75O16P. The number of phosphoric acid groups is 1. The number of hydrogen-bond acceptors (Lipinski definition) is 16. The number of phosphoric ester groups is 1. The Bertz CT molecular complexity index is 4360. The summed E-state index contributed by atoms with van der Waals surface area (Å²) >= 11 is 0. The Labute approximate surface area is 587 Å². The van der Waals surface area contributed by atoms with Crippen LogP contribution in [0.2, 0.25) is 0 Å². The first kappa shape index (κ1) is 73.6. The van der Waals surface area contributed by atoms with Gasteiger partial charge in [-0.25, -0.2) is 33.3 Å². The van der Waals surface area contributed by atoms with Gasteiger partial charge in [0.05, 0.1) is 19.8 Å². The zero-order valence-corrected chi connectivity index (χ0v) is 58.6. The number of benzene rings is 9. The Balaban J connectivity index is 1.14. The zero-order valence-electron chi connectivity index (χ0n) is 57.7. The minimum Gasteiger partial charge on any atom is -0.423 e. The van der Waals surface area contributed by atoms with E-state index in [1.807, 2.05) is 130 Å². The maximum absolute atomic E-state index is 16.0. The fourth-order valence-electron chi connectivity index (χ4n) is 10.5. The Morgan fingerprint density at radius 1 is 0.267 bits per heavy atom. The number of rotatable bonds is 27. The normalized spacial score (nSPS) is 11.0. The number of ether oxygens (including phenoxy) is 6. The van der Waals surface area contributed by atoms with E-state index in [2.05, 4.69) is 39.5 Å². The van der Waals surface area contributed by atoms with Crippen LogP contribution in [0.4, 0.5) is 0 Å². The lowest BCUT2D eigenvalue weighted by molar-refractivity contribution is -0.130. The molecule has 0 radical (unpaired) electrons. The van der Waals surface area contributed by atoms with Crippen LogP contribution in [0, 0.1) is 20.8 Å². The van der Waals surface area contributed by atoms with Gasteiger partial charge in [-0.1, -0.05) is 149 Å². The van der Waals surface area contributed by atoms with Crippen molar-refractivity contribution < 1.29 is 75.3 Å². The van der Waals surface area contributed by atoms with Gasteiger partial charge in [0.2, 0.25) is 0 Å². The van der Waals surface area contributed by atoms with E-state index < -0.39 is 43.6 Å². The Kier molecular flexibility index (Phi) is 23.6. The van der Waals surface area contributed by atoms with Gasteiger partial charge in [0.25, 0.3) is 0 Å². The third-order valence-corrected chi connectivity index (χ3v) is 17.5. The third-order valence-electron chi connectivity index (χ3n) is 16.1. The van der Waals surface area contributed by atoms with Crippen molar-refractivity contribution in [2.45, 2.75) is 82.1 Å². The molecule has 0 aromatic heterocycles. The Hall–Kier alpha value is -11.7. The molecule has 17 heteroatoms. The highest BCUT2D eigenvalue weighted by atomic mass is 31.2. The molecule has 0 N–H and O–H groups in total. The topological polar surface area (TPSA) is 203 Å². The fourth-order valence-corrected chi connectivity index (χ4v) is 11.6. The van der Waals surface area contributed by atoms with Gasteiger partial charge in [0.1, 0.15) is 34.5 Å². The largest absolute Gasteiger partial charge is 0.475 e. The molecule has 0 unspecified atom stereocenters. The van der Waals surface area contributed by atoms with Crippen LogP contribution < -0.4 is 28.4 Å². The van der Waals surface area contributed by atoms with E-state index in [0.717, 1.165) is 83.5 Å². The molecule has 9 aromatic carbocycles. The lowest BCUT2D eigenvalue weighted by Gasteiger charge is -2.23. The molecular weight excluding hydrogens is 1300 g/mol. The van der Waals surface area contributed by atoms with Crippen molar-refractivity contribution in [3.63, 3.8) is 0 Å². The van der Waals surface area contributed by atoms with Gasteiger partial charge in [0, 0.05) is 33.4 Å². The predicted molar refractivity (Wildman–Crippen MR) is 391 cm³/mol. The SMILES string of the molecule is C=C(C)C(=O)Oc1ccc(-c2ccc(COP(=O)(OCc3ccc(-c4ccc(OC(=O)C(=C)C)cc4)c(-c4ccc(OC(=O)C(=C)C)cc4)c3C)OCc3ccc(-c4ccc(OC(=O)C(=C)C)cc4)c(-c4ccc(OC(=O)C(=C)C)cc4)c3C)c(C)c2-c2ccc(OC(=O)C(=C)C)cc2)cc1. The number of carbonyl (C=O) groups is 6. The Morgan fingerprint density at radius 3 is 0.604 bits per heavy atom. The van der Waals surface area contributed by atoms with Crippen molar-refractivity contribution >= 4 is 43.6 Å². The molecule has 0 aliphatic carbocycles. The van der Waals surface area contributed by atoms with E-state index in [-0.39, 0.29) is 53.3 Å². The molecule has 0 aliphatic heterocycles. The van der Waals surface area contributed by atoms with Crippen LogP contribution in [-0.4, -0.2) is 35.8 Å². The molecule has 0 saturated heterocycles. The minimum atomic E-state index is -4.71. The van der Waals surface area contributed by atoms with Crippen molar-refractivity contribution in [1.29, 1.82) is 0 Å². The molecule has 0 amide bonds. The lowest BCUT2D eigenvalue weighted by atomic mass is 9.88. The van der Waals surface area contributed by atoms with Crippen LogP contribution in [0.5, 0.6) is 34.5 Å². The molecule has 0 bridgehead atoms. The van der Waals surface area contributed by atoms with Crippen molar-refractivity contribution in [2.24, 2.45) is 0 Å². The van der Waals surface area contributed by atoms with Crippen molar-refractivity contribution in [3.05, 3.63) is 288 Å². The second-order valence-electron chi connectivity index (χ2n) is 24.2. The van der Waals surface area contributed by atoms with Crippen LogP contribution in [0.15, 0.2) is 255 Å². The van der Waals surface area contributed by atoms with Gasteiger partial charge in [-0.2, -0.15) is 0 Å². The average Bonchev–Trinajstić information content (AvgIpc) is 0.792. The minimum absolute atomic E-state index is 0.228. The summed E-state index contributed by atoms with van der Waals surface area (Å²) in [5.74, 6) is -1.63. The molecule has 9 aromatic rings. The van der Waals surface area contributed by atoms with E-state index in [0.29, 0.717) is 51.2 Å². The smallest absolute Gasteiger partial charge is 0.423 e. The summed E-state index contributed by atoms with van der Waals surface area (Å²) in [6.07, 6.45) is 0. The molecule has 0 spiro atoms. The highest BCUT2D eigenvalue weighted by molar-refractivity contribution is 7.48. The second-order valence-corrected chi connectivity index (χ2v) is 25.9. The van der Waals surface area contributed by atoms with Crippen molar-refractivity contribution in [2.75, 3.05) is 0 Å². The summed E-state index contributed by atoms with van der Waals surface area (Å²) in [5, 5.41) is 0. The van der Waals surface area contributed by atoms with Crippen LogP contribution in [0.25, 0.3) is 66.8 Å². The van der Waals surface area contributed by atoms with Crippen LogP contribution in [0.3, 0.4) is 0 Å². The van der Waals surface area contributed by atoms with Gasteiger partial charge in [0.15, 0.2) is 0 Å². The average molecular weight is 1370 g/mol. The first-order valence-electron chi connectivity index (χ1n) is 31.9.